The summed E-state index contributed by atoms with van der Waals surface area (Å²) < 4.78 is 5.50. The van der Waals surface area contributed by atoms with E-state index in [1.165, 1.54) is 0 Å². The number of pyridine rings is 1. The molecule has 4 heteroatoms. The third-order valence-corrected chi connectivity index (χ3v) is 4.37. The highest BCUT2D eigenvalue weighted by atomic mass is 16.6. The number of carbonyl (C=O) groups is 1. The summed E-state index contributed by atoms with van der Waals surface area (Å²) in [5.41, 5.74) is 1.80. The van der Waals surface area contributed by atoms with E-state index in [1.807, 2.05) is 47.4 Å². The van der Waals surface area contributed by atoms with Crippen LogP contribution in [0.3, 0.4) is 0 Å². The number of ether oxygens (including phenoxy) is 1. The van der Waals surface area contributed by atoms with E-state index < -0.39 is 0 Å². The van der Waals surface area contributed by atoms with Crippen LogP contribution >= 0.6 is 0 Å². The quantitative estimate of drug-likeness (QED) is 0.866. The fourth-order valence-corrected chi connectivity index (χ4v) is 3.06. The average Bonchev–Trinajstić information content (AvgIpc) is 2.98. The molecule has 2 aromatic rings. The zero-order valence-electron chi connectivity index (χ0n) is 12.7. The normalized spacial score (nSPS) is 20.9. The smallest absolute Gasteiger partial charge is 0.410 e. The summed E-state index contributed by atoms with van der Waals surface area (Å²) in [5.74, 6) is 0. The van der Waals surface area contributed by atoms with Crippen LogP contribution in [0.2, 0.25) is 0 Å². The predicted molar refractivity (Wildman–Crippen MR) is 84.2 cm³/mol. The molecule has 1 amide bonds. The minimum Gasteiger partial charge on any atom is -0.445 e. The van der Waals surface area contributed by atoms with Gasteiger partial charge in [0, 0.05) is 18.9 Å². The van der Waals surface area contributed by atoms with Crippen LogP contribution in [0.5, 0.6) is 0 Å². The number of carbonyl (C=O) groups excluding carboxylic acids is 1. The van der Waals surface area contributed by atoms with E-state index in [9.17, 15) is 4.79 Å². The zero-order valence-corrected chi connectivity index (χ0v) is 12.7. The maximum atomic E-state index is 12.5. The summed E-state index contributed by atoms with van der Waals surface area (Å²) in [6.07, 6.45) is 5.22. The first kappa shape index (κ1) is 14.6. The molecule has 0 aliphatic carbocycles. The average molecular weight is 296 g/mol. The Morgan fingerprint density at radius 3 is 2.68 bits per heavy atom. The number of hydrogen-bond donors (Lipinski definition) is 0. The molecule has 2 heterocycles. The van der Waals surface area contributed by atoms with Crippen LogP contribution < -0.4 is 0 Å². The first-order valence-corrected chi connectivity index (χ1v) is 7.59. The lowest BCUT2D eigenvalue weighted by atomic mass is 9.90. The Balaban J connectivity index is 1.71. The van der Waals surface area contributed by atoms with Gasteiger partial charge in [-0.15, -0.1) is 0 Å². The monoisotopic (exact) mass is 296 g/mol. The Morgan fingerprint density at radius 2 is 1.95 bits per heavy atom. The van der Waals surface area contributed by atoms with Crippen molar-refractivity contribution in [2.24, 2.45) is 0 Å². The molecule has 1 aromatic carbocycles. The molecule has 1 saturated heterocycles. The molecule has 1 aliphatic rings. The number of amides is 1. The second-order valence-corrected chi connectivity index (χ2v) is 5.81. The van der Waals surface area contributed by atoms with Crippen molar-refractivity contribution in [3.05, 3.63) is 66.0 Å². The van der Waals surface area contributed by atoms with Crippen molar-refractivity contribution in [2.45, 2.75) is 31.9 Å². The highest BCUT2D eigenvalue weighted by molar-refractivity contribution is 5.69. The molecular weight excluding hydrogens is 276 g/mol. The van der Waals surface area contributed by atoms with Gasteiger partial charge in [-0.1, -0.05) is 30.3 Å². The summed E-state index contributed by atoms with van der Waals surface area (Å²) in [6, 6.07) is 13.7. The van der Waals surface area contributed by atoms with Gasteiger partial charge in [0.25, 0.3) is 0 Å². The lowest BCUT2D eigenvalue weighted by molar-refractivity contribution is 0.0693. The topological polar surface area (TPSA) is 42.4 Å². The third-order valence-electron chi connectivity index (χ3n) is 4.37. The molecule has 4 nitrogen and oxygen atoms in total. The van der Waals surface area contributed by atoms with Gasteiger partial charge in [-0.25, -0.2) is 4.79 Å². The minimum absolute atomic E-state index is 0.249. The second-order valence-electron chi connectivity index (χ2n) is 5.81. The van der Waals surface area contributed by atoms with Crippen molar-refractivity contribution in [1.82, 2.24) is 9.88 Å². The summed E-state index contributed by atoms with van der Waals surface area (Å²) in [7, 11) is 0. The van der Waals surface area contributed by atoms with Crippen LogP contribution in [-0.4, -0.2) is 22.5 Å². The van der Waals surface area contributed by atoms with Crippen LogP contribution in [0.1, 0.15) is 30.9 Å². The molecule has 0 spiro atoms. The van der Waals surface area contributed by atoms with E-state index in [-0.39, 0.29) is 11.6 Å². The molecule has 0 unspecified atom stereocenters. The van der Waals surface area contributed by atoms with Crippen molar-refractivity contribution >= 4 is 6.09 Å². The second kappa shape index (κ2) is 6.18. The molecule has 0 N–H and O–H groups in total. The maximum absolute atomic E-state index is 12.5. The van der Waals surface area contributed by atoms with Gasteiger partial charge in [0.15, 0.2) is 0 Å². The van der Waals surface area contributed by atoms with Gasteiger partial charge in [0.1, 0.15) is 6.61 Å². The Morgan fingerprint density at radius 1 is 1.23 bits per heavy atom. The van der Waals surface area contributed by atoms with Gasteiger partial charge in [-0.2, -0.15) is 0 Å². The zero-order chi connectivity index (χ0) is 15.4. The SMILES string of the molecule is C[C@]1(c2ccncc2)CCCN1C(=O)OCc1ccccc1. The third kappa shape index (κ3) is 2.82. The van der Waals surface area contributed by atoms with Crippen molar-refractivity contribution < 1.29 is 9.53 Å². The highest BCUT2D eigenvalue weighted by Gasteiger charge is 2.41. The van der Waals surface area contributed by atoms with Crippen LogP contribution in [0.15, 0.2) is 54.9 Å². The maximum Gasteiger partial charge on any atom is 0.410 e. The van der Waals surface area contributed by atoms with Crippen LogP contribution in [0.25, 0.3) is 0 Å². The first-order chi connectivity index (χ1) is 10.7. The molecule has 114 valence electrons. The standard InChI is InChI=1S/C18H20N2O2/c1-18(16-8-11-19-12-9-16)10-5-13-20(18)17(21)22-14-15-6-3-2-4-7-15/h2-4,6-9,11-12H,5,10,13-14H2,1H3/t18-/m1/s1. The number of nitrogens with zero attached hydrogens (tertiary/aromatic N) is 2. The Hall–Kier alpha value is -2.36. The van der Waals surface area contributed by atoms with Crippen LogP contribution in [0.4, 0.5) is 4.79 Å². The molecule has 1 atom stereocenters. The number of aromatic nitrogens is 1. The molecule has 3 rings (SSSR count). The molecule has 22 heavy (non-hydrogen) atoms. The van der Waals surface area contributed by atoms with E-state index in [1.54, 1.807) is 12.4 Å². The molecule has 0 bridgehead atoms. The van der Waals surface area contributed by atoms with E-state index in [0.717, 1.165) is 30.5 Å². The van der Waals surface area contributed by atoms with Crippen molar-refractivity contribution in [3.8, 4) is 0 Å². The predicted octanol–water partition coefficient (Wildman–Crippen LogP) is 3.73. The lowest BCUT2D eigenvalue weighted by Gasteiger charge is -2.34. The van der Waals surface area contributed by atoms with E-state index >= 15 is 0 Å². The molecule has 1 aromatic heterocycles. The van der Waals surface area contributed by atoms with E-state index in [2.05, 4.69) is 11.9 Å². The van der Waals surface area contributed by atoms with E-state index in [0.29, 0.717) is 6.61 Å². The molecule has 0 radical (unpaired) electrons. The van der Waals surface area contributed by atoms with Crippen LogP contribution in [0, 0.1) is 0 Å². The minimum atomic E-state index is -0.309. The summed E-state index contributed by atoms with van der Waals surface area (Å²) in [6.45, 7) is 3.13. The molecular formula is C18H20N2O2. The molecule has 1 aliphatic heterocycles. The Labute approximate surface area is 130 Å². The largest absolute Gasteiger partial charge is 0.445 e. The Kier molecular flexibility index (Phi) is 4.09. The highest BCUT2D eigenvalue weighted by Crippen LogP contribution is 2.38. The van der Waals surface area contributed by atoms with Gasteiger partial charge in [0.05, 0.1) is 5.54 Å². The summed E-state index contributed by atoms with van der Waals surface area (Å²) in [5, 5.41) is 0. The number of likely N-dealkylation sites (tertiary alicyclic amines) is 1. The van der Waals surface area contributed by atoms with E-state index in [4.69, 9.17) is 4.74 Å². The number of hydrogen-bond acceptors (Lipinski definition) is 3. The van der Waals surface area contributed by atoms with Gasteiger partial charge in [-0.3, -0.25) is 9.88 Å². The number of benzene rings is 1. The van der Waals surface area contributed by atoms with Gasteiger partial charge in [-0.05, 0) is 43.0 Å². The summed E-state index contributed by atoms with van der Waals surface area (Å²) >= 11 is 0. The van der Waals surface area contributed by atoms with Gasteiger partial charge >= 0.3 is 6.09 Å². The fourth-order valence-electron chi connectivity index (χ4n) is 3.06. The first-order valence-electron chi connectivity index (χ1n) is 7.59. The van der Waals surface area contributed by atoms with Crippen molar-refractivity contribution in [3.63, 3.8) is 0 Å². The summed E-state index contributed by atoms with van der Waals surface area (Å²) in [4.78, 5) is 18.4. The fraction of sp³-hybridized carbons (Fsp3) is 0.333. The van der Waals surface area contributed by atoms with Crippen LogP contribution in [-0.2, 0) is 16.9 Å². The Bertz CT molecular complexity index is 630. The molecule has 0 saturated carbocycles. The van der Waals surface area contributed by atoms with Crippen molar-refractivity contribution in [2.75, 3.05) is 6.54 Å². The van der Waals surface area contributed by atoms with Gasteiger partial charge in [0.2, 0.25) is 0 Å². The number of rotatable bonds is 3. The lowest BCUT2D eigenvalue weighted by Crippen LogP contribution is -2.43. The van der Waals surface area contributed by atoms with Crippen molar-refractivity contribution in [1.29, 1.82) is 0 Å². The van der Waals surface area contributed by atoms with Gasteiger partial charge < -0.3 is 4.74 Å². The molecule has 1 fully saturated rings.